The first-order valence-electron chi connectivity index (χ1n) is 10.6. The number of ether oxygens (including phenoxy) is 3. The maximum atomic E-state index is 14.1. The number of H-pyrrole nitrogens is 1. The number of benzene rings is 2. The number of aromatic amines is 1. The summed E-state index contributed by atoms with van der Waals surface area (Å²) in [4.78, 5) is 24.2. The van der Waals surface area contributed by atoms with Gasteiger partial charge in [-0.25, -0.2) is 4.98 Å². The summed E-state index contributed by atoms with van der Waals surface area (Å²) in [5.41, 5.74) is 2.14. The monoisotopic (exact) mass is 434 g/mol. The van der Waals surface area contributed by atoms with Crippen molar-refractivity contribution in [3.05, 3.63) is 54.1 Å². The first kappa shape index (κ1) is 20.4. The molecule has 0 radical (unpaired) electrons. The van der Waals surface area contributed by atoms with Crippen LogP contribution in [-0.2, 0) is 9.53 Å². The third-order valence-electron chi connectivity index (χ3n) is 6.22. The molecule has 2 aliphatic heterocycles. The largest absolute Gasteiger partial charge is 0.497 e. The van der Waals surface area contributed by atoms with Gasteiger partial charge in [-0.05, 0) is 25.0 Å². The van der Waals surface area contributed by atoms with E-state index in [1.54, 1.807) is 14.2 Å². The van der Waals surface area contributed by atoms with Gasteiger partial charge in [0.05, 0.1) is 37.5 Å². The minimum Gasteiger partial charge on any atom is -0.497 e. The highest BCUT2D eigenvalue weighted by Crippen LogP contribution is 2.46. The number of hydrogen-bond acceptors (Lipinski definition) is 7. The predicted octanol–water partition coefficient (Wildman–Crippen LogP) is 3.11. The number of rotatable bonds is 5. The summed E-state index contributed by atoms with van der Waals surface area (Å²) in [5.74, 6) is 2.50. The van der Waals surface area contributed by atoms with Crippen molar-refractivity contribution in [2.45, 2.75) is 18.4 Å². The van der Waals surface area contributed by atoms with Gasteiger partial charge in [0.2, 0.25) is 0 Å². The van der Waals surface area contributed by atoms with E-state index in [0.29, 0.717) is 48.4 Å². The molecule has 8 heteroatoms. The minimum absolute atomic E-state index is 0.0117. The number of aromatic nitrogens is 2. The third-order valence-corrected chi connectivity index (χ3v) is 6.22. The molecule has 0 bridgehead atoms. The van der Waals surface area contributed by atoms with Crippen molar-refractivity contribution in [1.82, 2.24) is 15.3 Å². The van der Waals surface area contributed by atoms with Crippen LogP contribution in [0.3, 0.4) is 0 Å². The van der Waals surface area contributed by atoms with Gasteiger partial charge in [0, 0.05) is 31.9 Å². The molecule has 1 fully saturated rings. The van der Waals surface area contributed by atoms with Crippen molar-refractivity contribution in [1.29, 1.82) is 0 Å². The van der Waals surface area contributed by atoms with Crippen molar-refractivity contribution < 1.29 is 19.0 Å². The number of methoxy groups -OCH3 is 2. The second-order valence-corrected chi connectivity index (χ2v) is 8.00. The normalized spacial score (nSPS) is 21.0. The summed E-state index contributed by atoms with van der Waals surface area (Å²) >= 11 is 0. The number of Topliss-reactive ketones (excluding diaryl/α,β-unsaturated/α-hetero) is 1. The Bertz CT molecular complexity index is 1150. The van der Waals surface area contributed by atoms with Crippen LogP contribution in [0.15, 0.2) is 48.3 Å². The number of carbonyl (C=O) groups is 1. The average Bonchev–Trinajstić information content (AvgIpc) is 3.36. The topological polar surface area (TPSA) is 88.7 Å². The van der Waals surface area contributed by atoms with Gasteiger partial charge in [0.25, 0.3) is 0 Å². The number of nitrogens with one attached hydrogen (secondary N) is 2. The van der Waals surface area contributed by atoms with E-state index in [4.69, 9.17) is 19.2 Å². The molecular weight excluding hydrogens is 408 g/mol. The molecule has 0 unspecified atom stereocenters. The Balaban J connectivity index is 1.74. The first-order chi connectivity index (χ1) is 15.6. The number of para-hydroxylation sites is 2. The number of nitrogens with zero attached hydrogens (tertiary/aromatic N) is 2. The van der Waals surface area contributed by atoms with E-state index in [9.17, 15) is 4.79 Å². The lowest BCUT2D eigenvalue weighted by atomic mass is 9.85. The predicted molar refractivity (Wildman–Crippen MR) is 122 cm³/mol. The molecule has 8 nitrogen and oxygen atoms in total. The third kappa shape index (κ3) is 3.02. The smallest absolute Gasteiger partial charge is 0.198 e. The Kier molecular flexibility index (Phi) is 5.01. The number of hydrogen-bond donors (Lipinski definition) is 2. The second kappa shape index (κ2) is 7.87. The lowest BCUT2D eigenvalue weighted by molar-refractivity contribution is -0.122. The Labute approximate surface area is 186 Å². The van der Waals surface area contributed by atoms with Crippen LogP contribution in [0, 0.1) is 0 Å². The summed E-state index contributed by atoms with van der Waals surface area (Å²) in [6.45, 7) is 0.930. The molecule has 3 aromatic rings. The number of imidazole rings is 1. The zero-order valence-corrected chi connectivity index (χ0v) is 18.4. The number of ketones is 1. The molecule has 0 saturated carbocycles. The molecule has 5 rings (SSSR count). The fourth-order valence-electron chi connectivity index (χ4n) is 4.73. The van der Waals surface area contributed by atoms with Crippen LogP contribution in [0.25, 0.3) is 16.6 Å². The fourth-order valence-corrected chi connectivity index (χ4v) is 4.73. The minimum atomic E-state index is -0.873. The zero-order chi connectivity index (χ0) is 22.3. The van der Waals surface area contributed by atoms with Crippen LogP contribution < -0.4 is 19.7 Å². The highest BCUT2D eigenvalue weighted by atomic mass is 16.5. The fraction of sp³-hybridized carbons (Fsp3) is 0.333. The SMILES string of the molecule is CNC1=C(c2nc3ccccc3[nH]2)C(=O)[C@@]2(CCCOC2)N1c1cc(OC)cc(OC)c1. The molecule has 1 aromatic heterocycles. The number of anilines is 1. The molecule has 0 aliphatic carbocycles. The highest BCUT2D eigenvalue weighted by molar-refractivity contribution is 6.30. The Morgan fingerprint density at radius 2 is 1.91 bits per heavy atom. The summed E-state index contributed by atoms with van der Waals surface area (Å²) in [5, 5.41) is 3.27. The maximum Gasteiger partial charge on any atom is 0.198 e. The van der Waals surface area contributed by atoms with Crippen molar-refractivity contribution in [2.75, 3.05) is 39.4 Å². The maximum absolute atomic E-state index is 14.1. The molecule has 1 saturated heterocycles. The van der Waals surface area contributed by atoms with E-state index in [1.165, 1.54) is 0 Å². The van der Waals surface area contributed by atoms with E-state index in [0.717, 1.165) is 23.1 Å². The van der Waals surface area contributed by atoms with E-state index in [2.05, 4.69) is 10.3 Å². The van der Waals surface area contributed by atoms with Gasteiger partial charge in [-0.3, -0.25) is 4.79 Å². The Morgan fingerprint density at radius 1 is 1.16 bits per heavy atom. The summed E-state index contributed by atoms with van der Waals surface area (Å²) in [7, 11) is 5.04. The summed E-state index contributed by atoms with van der Waals surface area (Å²) in [6.07, 6.45) is 1.45. The van der Waals surface area contributed by atoms with Gasteiger partial charge in [0.15, 0.2) is 5.78 Å². The van der Waals surface area contributed by atoms with Crippen molar-refractivity contribution in [2.24, 2.45) is 0 Å². The lowest BCUT2D eigenvalue weighted by Gasteiger charge is -2.42. The first-order valence-corrected chi connectivity index (χ1v) is 10.6. The van der Waals surface area contributed by atoms with Crippen LogP contribution in [0.2, 0.25) is 0 Å². The van der Waals surface area contributed by atoms with E-state index < -0.39 is 5.54 Å². The van der Waals surface area contributed by atoms with E-state index in [1.807, 2.05) is 54.4 Å². The second-order valence-electron chi connectivity index (χ2n) is 8.00. The standard InChI is InChI=1S/C24H26N4O4/c1-25-23-20(22-26-18-7-4-5-8-19(18)27-22)21(29)24(9-6-10-32-14-24)28(23)15-11-16(30-2)13-17(12-15)31-3/h4-5,7-8,11-13,25H,6,9-10,14H2,1-3H3,(H,26,27)/t24-/m0/s1. The van der Waals surface area contributed by atoms with Crippen molar-refractivity contribution in [3.8, 4) is 11.5 Å². The van der Waals surface area contributed by atoms with Crippen LogP contribution in [0.1, 0.15) is 18.7 Å². The average molecular weight is 434 g/mol. The molecule has 2 N–H and O–H groups in total. The Morgan fingerprint density at radius 3 is 2.53 bits per heavy atom. The van der Waals surface area contributed by atoms with Crippen molar-refractivity contribution >= 4 is 28.1 Å². The van der Waals surface area contributed by atoms with Crippen molar-refractivity contribution in [3.63, 3.8) is 0 Å². The van der Waals surface area contributed by atoms with Crippen LogP contribution in [-0.4, -0.2) is 55.8 Å². The number of carbonyl (C=O) groups excluding carboxylic acids is 1. The van der Waals surface area contributed by atoms with Crippen LogP contribution >= 0.6 is 0 Å². The lowest BCUT2D eigenvalue weighted by Crippen LogP contribution is -2.56. The van der Waals surface area contributed by atoms with Gasteiger partial charge in [0.1, 0.15) is 34.3 Å². The van der Waals surface area contributed by atoms with E-state index in [-0.39, 0.29) is 5.78 Å². The molecule has 3 heterocycles. The quantitative estimate of drug-likeness (QED) is 0.638. The summed E-state index contributed by atoms with van der Waals surface area (Å²) in [6, 6.07) is 13.4. The van der Waals surface area contributed by atoms with Gasteiger partial charge >= 0.3 is 0 Å². The molecule has 2 aromatic carbocycles. The Hall–Kier alpha value is -3.52. The molecule has 1 atom stereocenters. The molecule has 166 valence electrons. The molecule has 32 heavy (non-hydrogen) atoms. The molecule has 0 amide bonds. The van der Waals surface area contributed by atoms with Gasteiger partial charge in [-0.1, -0.05) is 12.1 Å². The van der Waals surface area contributed by atoms with Gasteiger partial charge in [-0.15, -0.1) is 0 Å². The molecular formula is C24H26N4O4. The number of fused-ring (bicyclic) bond motifs is 1. The van der Waals surface area contributed by atoms with Gasteiger partial charge < -0.3 is 29.4 Å². The summed E-state index contributed by atoms with van der Waals surface area (Å²) < 4.78 is 16.9. The van der Waals surface area contributed by atoms with Crippen LogP contribution in [0.5, 0.6) is 11.5 Å². The van der Waals surface area contributed by atoms with E-state index >= 15 is 0 Å². The van der Waals surface area contributed by atoms with Gasteiger partial charge in [-0.2, -0.15) is 0 Å². The molecule has 2 aliphatic rings. The van der Waals surface area contributed by atoms with Crippen LogP contribution in [0.4, 0.5) is 5.69 Å². The molecule has 1 spiro atoms. The highest BCUT2D eigenvalue weighted by Gasteiger charge is 2.55. The zero-order valence-electron chi connectivity index (χ0n) is 18.4.